The molecule has 0 heterocycles. The van der Waals surface area contributed by atoms with E-state index in [2.05, 4.69) is 0 Å². The summed E-state index contributed by atoms with van der Waals surface area (Å²) in [6.45, 7) is 6.19. The van der Waals surface area contributed by atoms with Gasteiger partial charge in [0.05, 0.1) is 4.90 Å². The van der Waals surface area contributed by atoms with E-state index in [0.29, 0.717) is 13.0 Å². The summed E-state index contributed by atoms with van der Waals surface area (Å²) in [6.07, 6.45) is 1.72. The van der Waals surface area contributed by atoms with E-state index < -0.39 is 16.4 Å². The molecule has 19 heavy (non-hydrogen) atoms. The second kappa shape index (κ2) is 7.62. The van der Waals surface area contributed by atoms with E-state index >= 15 is 0 Å². The Hall–Kier alpha value is -0.910. The molecule has 0 N–H and O–H groups in total. The largest absolute Gasteiger partial charge is 0.352 e. The zero-order valence-corrected chi connectivity index (χ0v) is 12.6. The van der Waals surface area contributed by atoms with Crippen molar-refractivity contribution in [2.24, 2.45) is 0 Å². The van der Waals surface area contributed by atoms with Gasteiger partial charge in [-0.15, -0.1) is 0 Å². The van der Waals surface area contributed by atoms with Gasteiger partial charge in [-0.1, -0.05) is 31.0 Å². The molecule has 1 unspecified atom stereocenters. The zero-order valence-electron chi connectivity index (χ0n) is 11.8. The quantitative estimate of drug-likeness (QED) is 0.544. The minimum Gasteiger partial charge on any atom is -0.352 e. The Bertz CT molecular complexity index is 465. The molecule has 1 rings (SSSR count). The van der Waals surface area contributed by atoms with Gasteiger partial charge in [-0.2, -0.15) is 8.42 Å². The first-order valence-corrected chi connectivity index (χ1v) is 8.02. The van der Waals surface area contributed by atoms with Crippen LogP contribution in [-0.4, -0.2) is 21.3 Å². The number of hydrogen-bond acceptors (Lipinski definition) is 4. The van der Waals surface area contributed by atoms with E-state index in [1.165, 1.54) is 0 Å². The fourth-order valence-electron chi connectivity index (χ4n) is 1.62. The van der Waals surface area contributed by atoms with Crippen LogP contribution in [0.5, 0.6) is 0 Å². The molecule has 0 saturated heterocycles. The predicted molar refractivity (Wildman–Crippen MR) is 74.4 cm³/mol. The van der Waals surface area contributed by atoms with Gasteiger partial charge in [0.2, 0.25) is 0 Å². The molecule has 0 spiro atoms. The minimum absolute atomic E-state index is 0.166. The summed E-state index contributed by atoms with van der Waals surface area (Å²) in [5.41, 5.74) is 1.01. The van der Waals surface area contributed by atoms with E-state index in [9.17, 15) is 8.42 Å². The van der Waals surface area contributed by atoms with Gasteiger partial charge in [-0.25, -0.2) is 4.18 Å². The summed E-state index contributed by atoms with van der Waals surface area (Å²) in [5.74, 6) is 0. The maximum Gasteiger partial charge on any atom is 0.299 e. The Morgan fingerprint density at radius 3 is 2.32 bits per heavy atom. The molecule has 0 aliphatic heterocycles. The first-order valence-electron chi connectivity index (χ1n) is 6.61. The van der Waals surface area contributed by atoms with Crippen molar-refractivity contribution in [1.82, 2.24) is 0 Å². The van der Waals surface area contributed by atoms with Crippen molar-refractivity contribution in [3.8, 4) is 0 Å². The number of ether oxygens (including phenoxy) is 1. The number of aryl methyl sites for hydroxylation is 1. The van der Waals surface area contributed by atoms with Crippen molar-refractivity contribution >= 4 is 10.1 Å². The van der Waals surface area contributed by atoms with Crippen molar-refractivity contribution < 1.29 is 17.3 Å². The minimum atomic E-state index is -3.75. The lowest BCUT2D eigenvalue weighted by Gasteiger charge is -2.17. The Kier molecular flexibility index (Phi) is 6.48. The molecule has 1 aromatic rings. The summed E-state index contributed by atoms with van der Waals surface area (Å²) in [4.78, 5) is 0.166. The third-order valence-electron chi connectivity index (χ3n) is 2.69. The van der Waals surface area contributed by atoms with Crippen molar-refractivity contribution in [2.45, 2.75) is 51.2 Å². The number of hydrogen-bond donors (Lipinski definition) is 0. The highest BCUT2D eigenvalue weighted by molar-refractivity contribution is 7.86. The normalized spacial score (nSPS) is 13.4. The van der Waals surface area contributed by atoms with Crippen LogP contribution in [0.4, 0.5) is 0 Å². The maximum absolute atomic E-state index is 12.1. The molecular weight excluding hydrogens is 264 g/mol. The van der Waals surface area contributed by atoms with Crippen LogP contribution < -0.4 is 0 Å². The molecular formula is C14H22O4S. The van der Waals surface area contributed by atoms with Gasteiger partial charge in [-0.3, -0.25) is 0 Å². The molecule has 4 nitrogen and oxygen atoms in total. The van der Waals surface area contributed by atoms with E-state index in [1.54, 1.807) is 24.3 Å². The smallest absolute Gasteiger partial charge is 0.299 e. The first-order chi connectivity index (χ1) is 8.99. The van der Waals surface area contributed by atoms with Crippen LogP contribution >= 0.6 is 0 Å². The second-order valence-electron chi connectivity index (χ2n) is 4.39. The number of unbranched alkanes of at least 4 members (excludes halogenated alkanes) is 1. The van der Waals surface area contributed by atoms with E-state index in [-0.39, 0.29) is 4.90 Å². The van der Waals surface area contributed by atoms with Crippen molar-refractivity contribution in [2.75, 3.05) is 6.61 Å². The average molecular weight is 286 g/mol. The number of rotatable bonds is 8. The lowest BCUT2D eigenvalue weighted by atomic mass is 10.2. The van der Waals surface area contributed by atoms with Gasteiger partial charge in [-0.05, 0) is 38.8 Å². The summed E-state index contributed by atoms with van der Waals surface area (Å²) >= 11 is 0. The molecule has 0 bridgehead atoms. The first kappa shape index (κ1) is 16.1. The van der Waals surface area contributed by atoms with Crippen molar-refractivity contribution in [3.63, 3.8) is 0 Å². The van der Waals surface area contributed by atoms with Crippen LogP contribution in [0.15, 0.2) is 29.2 Å². The summed E-state index contributed by atoms with van der Waals surface area (Å²) < 4.78 is 34.7. The highest BCUT2D eigenvalue weighted by Gasteiger charge is 2.21. The molecule has 5 heteroatoms. The predicted octanol–water partition coefficient (Wildman–Crippen LogP) is 3.25. The topological polar surface area (TPSA) is 52.6 Å². The maximum atomic E-state index is 12.1. The monoisotopic (exact) mass is 286 g/mol. The fourth-order valence-corrected chi connectivity index (χ4v) is 2.63. The third kappa shape index (κ3) is 5.30. The third-order valence-corrected chi connectivity index (χ3v) is 4.01. The van der Waals surface area contributed by atoms with Crippen LogP contribution in [0.3, 0.4) is 0 Å². The van der Waals surface area contributed by atoms with Gasteiger partial charge in [0, 0.05) is 6.61 Å². The standard InChI is InChI=1S/C14H22O4S/c1-4-6-7-14(17-5-2)18-19(15,16)13-10-8-12(3)9-11-13/h8-11,14H,4-7H2,1-3H3. The van der Waals surface area contributed by atoms with E-state index in [0.717, 1.165) is 18.4 Å². The molecule has 0 aliphatic carbocycles. The Labute approximate surface area is 115 Å². The molecule has 0 fully saturated rings. The van der Waals surface area contributed by atoms with Crippen LogP contribution in [-0.2, 0) is 19.0 Å². The Morgan fingerprint density at radius 1 is 1.16 bits per heavy atom. The van der Waals surface area contributed by atoms with Crippen LogP contribution in [0, 0.1) is 6.92 Å². The Balaban J connectivity index is 2.78. The van der Waals surface area contributed by atoms with Gasteiger partial charge < -0.3 is 4.74 Å². The molecule has 0 radical (unpaired) electrons. The molecule has 1 atom stereocenters. The van der Waals surface area contributed by atoms with Gasteiger partial charge in [0.25, 0.3) is 10.1 Å². The van der Waals surface area contributed by atoms with E-state index in [1.807, 2.05) is 20.8 Å². The SMILES string of the molecule is CCCCC(OCC)OS(=O)(=O)c1ccc(C)cc1. The molecule has 0 aromatic heterocycles. The second-order valence-corrected chi connectivity index (χ2v) is 5.96. The van der Waals surface area contributed by atoms with Gasteiger partial charge in [0.1, 0.15) is 0 Å². The highest BCUT2D eigenvalue weighted by atomic mass is 32.2. The van der Waals surface area contributed by atoms with Crippen LogP contribution in [0.1, 0.15) is 38.7 Å². The lowest BCUT2D eigenvalue weighted by molar-refractivity contribution is -0.0766. The molecule has 0 amide bonds. The Morgan fingerprint density at radius 2 is 1.79 bits per heavy atom. The molecule has 0 aliphatic rings. The zero-order chi connectivity index (χ0) is 14.3. The van der Waals surface area contributed by atoms with Gasteiger partial charge >= 0.3 is 0 Å². The number of benzene rings is 1. The van der Waals surface area contributed by atoms with Crippen molar-refractivity contribution in [1.29, 1.82) is 0 Å². The average Bonchev–Trinajstić information content (AvgIpc) is 2.36. The highest BCUT2D eigenvalue weighted by Crippen LogP contribution is 2.18. The summed E-state index contributed by atoms with van der Waals surface area (Å²) in [6, 6.07) is 6.59. The lowest BCUT2D eigenvalue weighted by Crippen LogP contribution is -2.22. The van der Waals surface area contributed by atoms with Crippen LogP contribution in [0.25, 0.3) is 0 Å². The molecule has 1 aromatic carbocycles. The van der Waals surface area contributed by atoms with Crippen LogP contribution in [0.2, 0.25) is 0 Å². The molecule has 0 saturated carbocycles. The van der Waals surface area contributed by atoms with Gasteiger partial charge in [0.15, 0.2) is 6.29 Å². The van der Waals surface area contributed by atoms with E-state index in [4.69, 9.17) is 8.92 Å². The summed E-state index contributed by atoms with van der Waals surface area (Å²) in [5, 5.41) is 0. The fraction of sp³-hybridized carbons (Fsp3) is 0.571. The van der Waals surface area contributed by atoms with Crippen molar-refractivity contribution in [3.05, 3.63) is 29.8 Å². The molecule has 108 valence electrons. The summed E-state index contributed by atoms with van der Waals surface area (Å²) in [7, 11) is -3.75.